The first-order valence-electron chi connectivity index (χ1n) is 10.4. The molecule has 0 fully saturated rings. The second-order valence-electron chi connectivity index (χ2n) is 7.35. The van der Waals surface area contributed by atoms with E-state index in [1.807, 2.05) is 36.4 Å². The number of benzene rings is 3. The molecule has 0 amide bonds. The van der Waals surface area contributed by atoms with Crippen LogP contribution in [0.5, 0.6) is 5.75 Å². The third-order valence-electron chi connectivity index (χ3n) is 5.21. The normalized spacial score (nSPS) is 11.3. The van der Waals surface area contributed by atoms with E-state index in [4.69, 9.17) is 30.2 Å². The summed E-state index contributed by atoms with van der Waals surface area (Å²) in [6.45, 7) is 0.167. The van der Waals surface area contributed by atoms with E-state index in [-0.39, 0.29) is 12.2 Å². The molecule has 4 rings (SSSR count). The van der Waals surface area contributed by atoms with Gasteiger partial charge in [0.25, 0.3) is 0 Å². The predicted molar refractivity (Wildman–Crippen MR) is 131 cm³/mol. The molecule has 0 saturated carbocycles. The largest absolute Gasteiger partial charge is 0.503 e. The molecular weight excluding hydrogens is 456 g/mol. The number of carbonyl (C=O) groups excluding carboxylic acids is 1. The number of ether oxygens (including phenoxy) is 3. The molecule has 6 nitrogen and oxygen atoms in total. The molecule has 34 heavy (non-hydrogen) atoms. The highest BCUT2D eigenvalue weighted by atomic mass is 35.5. The Hall–Kier alpha value is -4.03. The van der Waals surface area contributed by atoms with Gasteiger partial charge < -0.3 is 18.6 Å². The van der Waals surface area contributed by atoms with Gasteiger partial charge in [-0.05, 0) is 46.5 Å². The van der Waals surface area contributed by atoms with Crippen molar-refractivity contribution >= 4 is 34.1 Å². The van der Waals surface area contributed by atoms with Crippen molar-refractivity contribution in [3.63, 3.8) is 0 Å². The number of carbonyl (C=O) groups is 1. The van der Waals surface area contributed by atoms with E-state index >= 15 is 0 Å². The smallest absolute Gasteiger partial charge is 0.341 e. The van der Waals surface area contributed by atoms with Crippen LogP contribution in [0.2, 0.25) is 5.02 Å². The molecule has 0 unspecified atom stereocenters. The minimum Gasteiger partial charge on any atom is -0.503 e. The lowest BCUT2D eigenvalue weighted by molar-refractivity contribution is -0.133. The average Bonchev–Trinajstić information content (AvgIpc) is 2.85. The molecule has 3 aromatic carbocycles. The fourth-order valence-electron chi connectivity index (χ4n) is 3.62. The molecule has 1 aromatic heterocycles. The fourth-order valence-corrected chi connectivity index (χ4v) is 3.75. The molecule has 0 atom stereocenters. The Morgan fingerprint density at radius 1 is 1.00 bits per heavy atom. The van der Waals surface area contributed by atoms with Gasteiger partial charge in [0.2, 0.25) is 0 Å². The SMILES string of the molecule is CO/C=C(/C(=O)OC)c1ccccc1COc1ccc2c(-c3ccc(Cl)cc3)cc(=O)oc2c1. The van der Waals surface area contributed by atoms with E-state index in [0.29, 0.717) is 21.9 Å². The highest BCUT2D eigenvalue weighted by molar-refractivity contribution is 6.30. The molecule has 0 aliphatic rings. The minimum absolute atomic E-state index is 0.167. The summed E-state index contributed by atoms with van der Waals surface area (Å²) in [6, 6.07) is 21.3. The van der Waals surface area contributed by atoms with E-state index < -0.39 is 11.6 Å². The summed E-state index contributed by atoms with van der Waals surface area (Å²) in [7, 11) is 2.77. The standard InChI is InChI=1S/C27H21ClO6/c1-31-16-24(27(30)32-2)21-6-4-3-5-18(21)15-33-20-11-12-22-23(14-26(29)34-25(22)13-20)17-7-9-19(28)10-8-17/h3-14,16H,15H2,1-2H3/b24-16+. The van der Waals surface area contributed by atoms with Gasteiger partial charge in [-0.2, -0.15) is 0 Å². The van der Waals surface area contributed by atoms with E-state index in [0.717, 1.165) is 22.1 Å². The van der Waals surface area contributed by atoms with Crippen molar-refractivity contribution in [1.82, 2.24) is 0 Å². The lowest BCUT2D eigenvalue weighted by atomic mass is 10.0. The van der Waals surface area contributed by atoms with Crippen molar-refractivity contribution in [3.8, 4) is 16.9 Å². The quantitative estimate of drug-likeness (QED) is 0.144. The summed E-state index contributed by atoms with van der Waals surface area (Å²) in [5.41, 5.74) is 3.20. The lowest BCUT2D eigenvalue weighted by Gasteiger charge is -2.13. The number of halogens is 1. The fraction of sp³-hybridized carbons (Fsp3) is 0.111. The van der Waals surface area contributed by atoms with E-state index in [2.05, 4.69) is 0 Å². The van der Waals surface area contributed by atoms with Crippen LogP contribution in [0.1, 0.15) is 11.1 Å². The lowest BCUT2D eigenvalue weighted by Crippen LogP contribution is -2.08. The first-order chi connectivity index (χ1) is 16.5. The molecule has 0 spiro atoms. The number of methoxy groups -OCH3 is 2. The minimum atomic E-state index is -0.517. The highest BCUT2D eigenvalue weighted by Gasteiger charge is 2.17. The predicted octanol–water partition coefficient (Wildman–Crippen LogP) is 5.85. The second kappa shape index (κ2) is 10.3. The van der Waals surface area contributed by atoms with Crippen molar-refractivity contribution in [1.29, 1.82) is 0 Å². The molecule has 0 bridgehead atoms. The Morgan fingerprint density at radius 2 is 1.76 bits per heavy atom. The molecule has 7 heteroatoms. The summed E-state index contributed by atoms with van der Waals surface area (Å²) in [5, 5.41) is 1.38. The Kier molecular flexibility index (Phi) is 6.99. The zero-order chi connectivity index (χ0) is 24.1. The average molecular weight is 477 g/mol. The second-order valence-corrected chi connectivity index (χ2v) is 7.79. The molecule has 1 heterocycles. The van der Waals surface area contributed by atoms with Gasteiger partial charge in [0, 0.05) is 22.5 Å². The van der Waals surface area contributed by atoms with Crippen LogP contribution < -0.4 is 10.4 Å². The third kappa shape index (κ3) is 4.97. The first-order valence-corrected chi connectivity index (χ1v) is 10.7. The summed E-state index contributed by atoms with van der Waals surface area (Å²) in [6.07, 6.45) is 1.34. The van der Waals surface area contributed by atoms with Crippen LogP contribution in [-0.4, -0.2) is 20.2 Å². The molecule has 172 valence electrons. The zero-order valence-electron chi connectivity index (χ0n) is 18.5. The van der Waals surface area contributed by atoms with Crippen molar-refractivity contribution < 1.29 is 23.4 Å². The van der Waals surface area contributed by atoms with Crippen LogP contribution >= 0.6 is 11.6 Å². The summed E-state index contributed by atoms with van der Waals surface area (Å²) < 4.78 is 21.3. The van der Waals surface area contributed by atoms with Gasteiger partial charge in [-0.1, -0.05) is 48.0 Å². The van der Waals surface area contributed by atoms with Crippen LogP contribution in [0.3, 0.4) is 0 Å². The highest BCUT2D eigenvalue weighted by Crippen LogP contribution is 2.31. The number of hydrogen-bond acceptors (Lipinski definition) is 6. The van der Waals surface area contributed by atoms with Crippen LogP contribution in [0.25, 0.3) is 27.7 Å². The van der Waals surface area contributed by atoms with Crippen molar-refractivity contribution in [3.05, 3.63) is 106 Å². The van der Waals surface area contributed by atoms with Crippen molar-refractivity contribution in [2.24, 2.45) is 0 Å². The molecular formula is C27H21ClO6. The van der Waals surface area contributed by atoms with Gasteiger partial charge in [-0.25, -0.2) is 9.59 Å². The molecule has 0 aliphatic heterocycles. The Morgan fingerprint density at radius 3 is 2.50 bits per heavy atom. The van der Waals surface area contributed by atoms with E-state index in [1.54, 1.807) is 30.3 Å². The van der Waals surface area contributed by atoms with Crippen molar-refractivity contribution in [2.45, 2.75) is 6.61 Å². The maximum atomic E-state index is 12.2. The summed E-state index contributed by atoms with van der Waals surface area (Å²) in [5.74, 6) is -0.00874. The van der Waals surface area contributed by atoms with E-state index in [9.17, 15) is 9.59 Å². The topological polar surface area (TPSA) is 75.0 Å². The first kappa shape index (κ1) is 23.1. The Labute approximate surface area is 200 Å². The zero-order valence-corrected chi connectivity index (χ0v) is 19.3. The Bertz CT molecular complexity index is 1420. The van der Waals surface area contributed by atoms with Gasteiger partial charge in [-0.3, -0.25) is 0 Å². The van der Waals surface area contributed by atoms with Crippen LogP contribution in [-0.2, 0) is 20.9 Å². The van der Waals surface area contributed by atoms with Gasteiger partial charge >= 0.3 is 11.6 Å². The maximum absolute atomic E-state index is 12.2. The number of rotatable bonds is 7. The molecule has 0 saturated heterocycles. The van der Waals surface area contributed by atoms with E-state index in [1.165, 1.54) is 26.5 Å². The Balaban J connectivity index is 1.65. The van der Waals surface area contributed by atoms with Crippen molar-refractivity contribution in [2.75, 3.05) is 14.2 Å². The van der Waals surface area contributed by atoms with Gasteiger partial charge in [-0.15, -0.1) is 0 Å². The third-order valence-corrected chi connectivity index (χ3v) is 5.47. The number of esters is 1. The van der Waals surface area contributed by atoms with Crippen LogP contribution in [0.15, 0.2) is 88.3 Å². The number of fused-ring (bicyclic) bond motifs is 1. The van der Waals surface area contributed by atoms with Gasteiger partial charge in [0.1, 0.15) is 23.5 Å². The van der Waals surface area contributed by atoms with Crippen LogP contribution in [0.4, 0.5) is 0 Å². The number of hydrogen-bond donors (Lipinski definition) is 0. The molecule has 0 aliphatic carbocycles. The maximum Gasteiger partial charge on any atom is 0.341 e. The molecule has 0 N–H and O–H groups in total. The molecule has 0 radical (unpaired) electrons. The monoisotopic (exact) mass is 476 g/mol. The van der Waals surface area contributed by atoms with Gasteiger partial charge in [0.05, 0.1) is 20.5 Å². The summed E-state index contributed by atoms with van der Waals surface area (Å²) >= 11 is 6.00. The summed E-state index contributed by atoms with van der Waals surface area (Å²) in [4.78, 5) is 24.4. The van der Waals surface area contributed by atoms with Gasteiger partial charge in [0.15, 0.2) is 0 Å². The molecule has 4 aromatic rings. The van der Waals surface area contributed by atoms with Crippen LogP contribution in [0, 0.1) is 0 Å².